The quantitative estimate of drug-likeness (QED) is 0.934. The minimum atomic E-state index is -0.260. The third kappa shape index (κ3) is 3.28. The molecule has 0 aromatic heterocycles. The van der Waals surface area contributed by atoms with Crippen molar-refractivity contribution in [3.8, 4) is 0 Å². The van der Waals surface area contributed by atoms with Gasteiger partial charge in [-0.15, -0.1) is 0 Å². The number of hydrogen-bond acceptors (Lipinski definition) is 2. The number of piperazine rings is 1. The Bertz CT molecular complexity index is 564. The molecule has 1 heterocycles. The van der Waals surface area contributed by atoms with Gasteiger partial charge in [-0.1, -0.05) is 24.3 Å². The third-order valence-corrected chi connectivity index (χ3v) is 3.85. The van der Waals surface area contributed by atoms with Crippen LogP contribution in [-0.2, 0) is 0 Å². The smallest absolute Gasteiger partial charge is 0.123 e. The van der Waals surface area contributed by atoms with Crippen LogP contribution >= 0.6 is 0 Å². The van der Waals surface area contributed by atoms with Gasteiger partial charge in [0.15, 0.2) is 0 Å². The molecule has 2 nitrogen and oxygen atoms in total. The lowest BCUT2D eigenvalue weighted by Gasteiger charge is -2.35. The van der Waals surface area contributed by atoms with Gasteiger partial charge in [-0.3, -0.25) is 4.90 Å². The highest BCUT2D eigenvalue weighted by molar-refractivity contribution is 5.32. The second-order valence-electron chi connectivity index (χ2n) is 5.30. The number of hydrogen-bond donors (Lipinski definition) is 1. The molecule has 0 radical (unpaired) electrons. The molecule has 1 fully saturated rings. The second-order valence-corrected chi connectivity index (χ2v) is 5.30. The average molecular weight is 288 g/mol. The highest BCUT2D eigenvalue weighted by Crippen LogP contribution is 2.29. The molecule has 2 aromatic rings. The van der Waals surface area contributed by atoms with E-state index in [0.29, 0.717) is 0 Å². The maximum absolute atomic E-state index is 13.6. The van der Waals surface area contributed by atoms with Gasteiger partial charge in [0, 0.05) is 26.2 Å². The van der Waals surface area contributed by atoms with E-state index >= 15 is 0 Å². The van der Waals surface area contributed by atoms with E-state index in [1.54, 1.807) is 12.1 Å². The molecular formula is C17H18F2N2. The molecule has 1 aliphatic heterocycles. The molecule has 0 spiro atoms. The Balaban J connectivity index is 2.01. The molecule has 1 saturated heterocycles. The Morgan fingerprint density at radius 3 is 1.86 bits per heavy atom. The van der Waals surface area contributed by atoms with E-state index in [4.69, 9.17) is 0 Å². The van der Waals surface area contributed by atoms with Crippen LogP contribution in [0.4, 0.5) is 8.78 Å². The molecular weight excluding hydrogens is 270 g/mol. The van der Waals surface area contributed by atoms with Crippen LogP contribution in [0.25, 0.3) is 0 Å². The van der Waals surface area contributed by atoms with E-state index in [-0.39, 0.29) is 17.7 Å². The van der Waals surface area contributed by atoms with Gasteiger partial charge in [0.2, 0.25) is 0 Å². The first-order valence-electron chi connectivity index (χ1n) is 7.20. The lowest BCUT2D eigenvalue weighted by Crippen LogP contribution is -2.45. The largest absolute Gasteiger partial charge is 0.314 e. The van der Waals surface area contributed by atoms with E-state index in [9.17, 15) is 8.78 Å². The Hall–Kier alpha value is -1.78. The zero-order valence-corrected chi connectivity index (χ0v) is 11.7. The summed E-state index contributed by atoms with van der Waals surface area (Å²) in [7, 11) is 0. The van der Waals surface area contributed by atoms with Crippen molar-refractivity contribution in [2.75, 3.05) is 26.2 Å². The minimum absolute atomic E-state index is 0.113. The van der Waals surface area contributed by atoms with Gasteiger partial charge in [-0.05, 0) is 35.4 Å². The summed E-state index contributed by atoms with van der Waals surface area (Å²) in [5.41, 5.74) is 1.73. The zero-order chi connectivity index (χ0) is 14.7. The monoisotopic (exact) mass is 288 g/mol. The Morgan fingerprint density at radius 2 is 1.38 bits per heavy atom. The lowest BCUT2D eigenvalue weighted by atomic mass is 9.96. The molecule has 1 N–H and O–H groups in total. The van der Waals surface area contributed by atoms with Crippen LogP contribution in [0.5, 0.6) is 0 Å². The molecule has 4 heteroatoms. The predicted molar refractivity (Wildman–Crippen MR) is 79.1 cm³/mol. The first kappa shape index (κ1) is 14.2. The van der Waals surface area contributed by atoms with Gasteiger partial charge in [-0.2, -0.15) is 0 Å². The van der Waals surface area contributed by atoms with Crippen LogP contribution in [0, 0.1) is 11.6 Å². The van der Waals surface area contributed by atoms with Crippen LogP contribution in [-0.4, -0.2) is 31.1 Å². The summed E-state index contributed by atoms with van der Waals surface area (Å²) in [6, 6.07) is 13.1. The maximum Gasteiger partial charge on any atom is 0.123 e. The molecule has 0 unspecified atom stereocenters. The standard InChI is InChI=1S/C17H18F2N2/c18-15-5-1-3-13(11-15)17(21-9-7-20-8-10-21)14-4-2-6-16(19)12-14/h1-6,11-12,17,20H,7-10H2. The fourth-order valence-electron chi connectivity index (χ4n) is 2.91. The van der Waals surface area contributed by atoms with Gasteiger partial charge < -0.3 is 5.32 Å². The van der Waals surface area contributed by atoms with Crippen molar-refractivity contribution < 1.29 is 8.78 Å². The summed E-state index contributed by atoms with van der Waals surface area (Å²) in [5, 5.41) is 3.31. The topological polar surface area (TPSA) is 15.3 Å². The van der Waals surface area contributed by atoms with Crippen molar-refractivity contribution in [1.29, 1.82) is 0 Å². The molecule has 3 rings (SSSR count). The van der Waals surface area contributed by atoms with Crippen molar-refractivity contribution in [1.82, 2.24) is 10.2 Å². The average Bonchev–Trinajstić information content (AvgIpc) is 2.49. The predicted octanol–water partition coefficient (Wildman–Crippen LogP) is 2.96. The van der Waals surface area contributed by atoms with E-state index in [0.717, 1.165) is 37.3 Å². The van der Waals surface area contributed by atoms with Crippen LogP contribution < -0.4 is 5.32 Å². The molecule has 21 heavy (non-hydrogen) atoms. The van der Waals surface area contributed by atoms with Crippen molar-refractivity contribution in [3.05, 3.63) is 71.3 Å². The summed E-state index contributed by atoms with van der Waals surface area (Å²) in [6.07, 6.45) is 0. The van der Waals surface area contributed by atoms with Gasteiger partial charge in [0.05, 0.1) is 6.04 Å². The highest BCUT2D eigenvalue weighted by atomic mass is 19.1. The molecule has 0 aliphatic carbocycles. The second kappa shape index (κ2) is 6.33. The summed E-state index contributed by atoms with van der Waals surface area (Å²) in [4.78, 5) is 2.26. The number of rotatable bonds is 3. The number of benzene rings is 2. The summed E-state index contributed by atoms with van der Waals surface area (Å²) >= 11 is 0. The van der Waals surface area contributed by atoms with Crippen molar-refractivity contribution in [2.45, 2.75) is 6.04 Å². The third-order valence-electron chi connectivity index (χ3n) is 3.85. The maximum atomic E-state index is 13.6. The summed E-state index contributed by atoms with van der Waals surface area (Å²) in [5.74, 6) is -0.520. The molecule has 0 saturated carbocycles. The fourth-order valence-corrected chi connectivity index (χ4v) is 2.91. The number of halogens is 2. The van der Waals surface area contributed by atoms with E-state index in [1.165, 1.54) is 24.3 Å². The summed E-state index contributed by atoms with van der Waals surface area (Å²) in [6.45, 7) is 3.50. The SMILES string of the molecule is Fc1cccc(C(c2cccc(F)c2)N2CCNCC2)c1. The molecule has 2 aromatic carbocycles. The summed E-state index contributed by atoms with van der Waals surface area (Å²) < 4.78 is 27.2. The Labute approximate surface area is 123 Å². The van der Waals surface area contributed by atoms with Crippen molar-refractivity contribution in [2.24, 2.45) is 0 Å². The molecule has 0 amide bonds. The van der Waals surface area contributed by atoms with Crippen LogP contribution in [0.2, 0.25) is 0 Å². The highest BCUT2D eigenvalue weighted by Gasteiger charge is 2.24. The number of nitrogens with one attached hydrogen (secondary N) is 1. The first-order chi connectivity index (χ1) is 10.2. The normalized spacial score (nSPS) is 16.3. The van der Waals surface area contributed by atoms with E-state index < -0.39 is 0 Å². The fraction of sp³-hybridized carbons (Fsp3) is 0.294. The minimum Gasteiger partial charge on any atom is -0.314 e. The van der Waals surface area contributed by atoms with Gasteiger partial charge in [0.25, 0.3) is 0 Å². The Kier molecular flexibility index (Phi) is 4.27. The number of nitrogens with zero attached hydrogens (tertiary/aromatic N) is 1. The zero-order valence-electron chi connectivity index (χ0n) is 11.7. The van der Waals surface area contributed by atoms with Crippen molar-refractivity contribution >= 4 is 0 Å². The van der Waals surface area contributed by atoms with Crippen LogP contribution in [0.3, 0.4) is 0 Å². The lowest BCUT2D eigenvalue weighted by molar-refractivity contribution is 0.198. The molecule has 0 atom stereocenters. The van der Waals surface area contributed by atoms with E-state index in [2.05, 4.69) is 10.2 Å². The molecule has 110 valence electrons. The van der Waals surface area contributed by atoms with Gasteiger partial charge >= 0.3 is 0 Å². The Morgan fingerprint density at radius 1 is 0.857 bits per heavy atom. The van der Waals surface area contributed by atoms with Crippen molar-refractivity contribution in [3.63, 3.8) is 0 Å². The molecule has 0 bridgehead atoms. The van der Waals surface area contributed by atoms with E-state index in [1.807, 2.05) is 12.1 Å². The first-order valence-corrected chi connectivity index (χ1v) is 7.20. The van der Waals surface area contributed by atoms with Crippen LogP contribution in [0.15, 0.2) is 48.5 Å². The van der Waals surface area contributed by atoms with Crippen LogP contribution in [0.1, 0.15) is 17.2 Å². The van der Waals surface area contributed by atoms with Gasteiger partial charge in [0.1, 0.15) is 11.6 Å². The molecule has 1 aliphatic rings. The van der Waals surface area contributed by atoms with Gasteiger partial charge in [-0.25, -0.2) is 8.78 Å².